The Morgan fingerprint density at radius 3 is 2.54 bits per heavy atom. The third kappa shape index (κ3) is 5.10. The average Bonchev–Trinajstić information content (AvgIpc) is 2.70. The van der Waals surface area contributed by atoms with Crippen LogP contribution in [0.4, 0.5) is 5.69 Å². The van der Waals surface area contributed by atoms with Crippen LogP contribution < -0.4 is 9.64 Å². The summed E-state index contributed by atoms with van der Waals surface area (Å²) in [6, 6.07) is 13.6. The summed E-state index contributed by atoms with van der Waals surface area (Å²) in [4.78, 5) is 15.7. The number of halogens is 2. The second kappa shape index (κ2) is 9.50. The Morgan fingerprint density at radius 2 is 1.89 bits per heavy atom. The van der Waals surface area contributed by atoms with Gasteiger partial charge in [-0.25, -0.2) is 0 Å². The average molecular weight is 423 g/mol. The topological polar surface area (TPSA) is 53.0 Å². The molecule has 150 valence electrons. The summed E-state index contributed by atoms with van der Waals surface area (Å²) in [6.45, 7) is 2.23. The van der Waals surface area contributed by atoms with E-state index in [0.717, 1.165) is 42.9 Å². The SMILES string of the molecule is COc1ccccc1N1CCC(N(CC(=O)O)Cc2ccc(Cl)c(Cl)c2)CC1. The molecule has 0 unspecified atom stereocenters. The van der Waals surface area contributed by atoms with E-state index in [-0.39, 0.29) is 12.6 Å². The van der Waals surface area contributed by atoms with Crippen LogP contribution in [0.1, 0.15) is 18.4 Å². The summed E-state index contributed by atoms with van der Waals surface area (Å²) in [5, 5.41) is 10.4. The van der Waals surface area contributed by atoms with Crippen LogP contribution in [0, 0.1) is 0 Å². The first kappa shape index (κ1) is 20.8. The zero-order chi connectivity index (χ0) is 20.1. The van der Waals surface area contributed by atoms with E-state index in [1.54, 1.807) is 13.2 Å². The van der Waals surface area contributed by atoms with Crippen LogP contribution in [0.25, 0.3) is 0 Å². The maximum absolute atomic E-state index is 11.4. The van der Waals surface area contributed by atoms with Gasteiger partial charge in [-0.15, -0.1) is 0 Å². The largest absolute Gasteiger partial charge is 0.495 e. The molecule has 2 aromatic rings. The molecule has 5 nitrogen and oxygen atoms in total. The van der Waals surface area contributed by atoms with E-state index >= 15 is 0 Å². The molecule has 3 rings (SSSR count). The molecule has 0 saturated carbocycles. The molecule has 1 aliphatic rings. The normalized spacial score (nSPS) is 15.1. The maximum atomic E-state index is 11.4. The van der Waals surface area contributed by atoms with Crippen molar-refractivity contribution in [3.05, 3.63) is 58.1 Å². The second-order valence-corrected chi connectivity index (χ2v) is 7.75. The Labute approximate surface area is 175 Å². The molecule has 2 aromatic carbocycles. The van der Waals surface area contributed by atoms with Crippen LogP contribution in [-0.4, -0.2) is 48.8 Å². The van der Waals surface area contributed by atoms with Crippen molar-refractivity contribution >= 4 is 34.9 Å². The number of nitrogens with zero attached hydrogens (tertiary/aromatic N) is 2. The molecule has 1 aliphatic heterocycles. The fraction of sp³-hybridized carbons (Fsp3) is 0.381. The van der Waals surface area contributed by atoms with Gasteiger partial charge in [0.05, 0.1) is 29.4 Å². The summed E-state index contributed by atoms with van der Waals surface area (Å²) >= 11 is 12.1. The van der Waals surface area contributed by atoms with Crippen molar-refractivity contribution < 1.29 is 14.6 Å². The van der Waals surface area contributed by atoms with Crippen molar-refractivity contribution in [2.45, 2.75) is 25.4 Å². The minimum absolute atomic E-state index is 0.000426. The Bertz CT molecular complexity index is 823. The van der Waals surface area contributed by atoms with Crippen LogP contribution >= 0.6 is 23.2 Å². The van der Waals surface area contributed by atoms with E-state index in [1.807, 2.05) is 35.2 Å². The third-order valence-electron chi connectivity index (χ3n) is 5.11. The first-order chi connectivity index (χ1) is 13.5. The van der Waals surface area contributed by atoms with Gasteiger partial charge in [0.1, 0.15) is 5.75 Å². The first-order valence-corrected chi connectivity index (χ1v) is 10.0. The van der Waals surface area contributed by atoms with Crippen molar-refractivity contribution in [1.82, 2.24) is 4.90 Å². The third-order valence-corrected chi connectivity index (χ3v) is 5.85. The predicted octanol–water partition coefficient (Wildman–Crippen LogP) is 4.56. The standard InChI is InChI=1S/C21H24Cl2N2O3/c1-28-20-5-3-2-4-19(20)24-10-8-16(9-11-24)25(14-21(26)27)13-15-6-7-17(22)18(23)12-15/h2-7,12,16H,8-11,13-14H2,1H3,(H,26,27). The van der Waals surface area contributed by atoms with E-state index in [4.69, 9.17) is 27.9 Å². The van der Waals surface area contributed by atoms with Gasteiger partial charge < -0.3 is 14.7 Å². The Balaban J connectivity index is 1.69. The summed E-state index contributed by atoms with van der Waals surface area (Å²) in [5.74, 6) is 0.0337. The molecule has 0 atom stereocenters. The maximum Gasteiger partial charge on any atom is 0.317 e. The minimum Gasteiger partial charge on any atom is -0.495 e. The molecular formula is C21H24Cl2N2O3. The van der Waals surface area contributed by atoms with Crippen molar-refractivity contribution in [3.63, 3.8) is 0 Å². The lowest BCUT2D eigenvalue weighted by Crippen LogP contribution is -2.46. The highest BCUT2D eigenvalue weighted by atomic mass is 35.5. The van der Waals surface area contributed by atoms with E-state index in [0.29, 0.717) is 16.6 Å². The van der Waals surface area contributed by atoms with E-state index in [9.17, 15) is 9.90 Å². The number of anilines is 1. The fourth-order valence-electron chi connectivity index (χ4n) is 3.72. The molecule has 1 N–H and O–H groups in total. The summed E-state index contributed by atoms with van der Waals surface area (Å²) < 4.78 is 5.47. The highest BCUT2D eigenvalue weighted by Crippen LogP contribution is 2.31. The van der Waals surface area contributed by atoms with Crippen LogP contribution in [0.2, 0.25) is 10.0 Å². The molecule has 7 heteroatoms. The molecule has 0 aliphatic carbocycles. The second-order valence-electron chi connectivity index (χ2n) is 6.94. The molecule has 0 amide bonds. The molecule has 1 heterocycles. The van der Waals surface area contributed by atoms with Crippen LogP contribution in [-0.2, 0) is 11.3 Å². The number of benzene rings is 2. The molecule has 0 aromatic heterocycles. The number of carboxylic acids is 1. The van der Waals surface area contributed by atoms with Crippen LogP contribution in [0.15, 0.2) is 42.5 Å². The Hall–Kier alpha value is -1.95. The Morgan fingerprint density at radius 1 is 1.18 bits per heavy atom. The number of aliphatic carboxylic acids is 1. The molecule has 28 heavy (non-hydrogen) atoms. The number of carboxylic acid groups (broad SMARTS) is 1. The van der Waals surface area contributed by atoms with Gasteiger partial charge in [-0.1, -0.05) is 41.4 Å². The lowest BCUT2D eigenvalue weighted by molar-refractivity contribution is -0.139. The summed E-state index contributed by atoms with van der Waals surface area (Å²) in [5.41, 5.74) is 2.04. The zero-order valence-electron chi connectivity index (χ0n) is 15.8. The number of carbonyl (C=O) groups is 1. The van der Waals surface area contributed by atoms with Gasteiger partial charge >= 0.3 is 5.97 Å². The molecule has 0 bridgehead atoms. The zero-order valence-corrected chi connectivity index (χ0v) is 17.3. The van der Waals surface area contributed by atoms with Crippen molar-refractivity contribution in [2.24, 2.45) is 0 Å². The van der Waals surface area contributed by atoms with Gasteiger partial charge in [0.25, 0.3) is 0 Å². The minimum atomic E-state index is -0.827. The molecule has 0 spiro atoms. The summed E-state index contributed by atoms with van der Waals surface area (Å²) in [6.07, 6.45) is 1.76. The van der Waals surface area contributed by atoms with Crippen molar-refractivity contribution in [3.8, 4) is 5.75 Å². The number of para-hydroxylation sites is 2. The highest BCUT2D eigenvalue weighted by Gasteiger charge is 2.27. The van der Waals surface area contributed by atoms with Gasteiger partial charge in [0, 0.05) is 25.7 Å². The van der Waals surface area contributed by atoms with Crippen LogP contribution in [0.5, 0.6) is 5.75 Å². The number of hydrogen-bond acceptors (Lipinski definition) is 4. The monoisotopic (exact) mass is 422 g/mol. The van der Waals surface area contributed by atoms with Crippen molar-refractivity contribution in [2.75, 3.05) is 31.6 Å². The number of piperidine rings is 1. The fourth-order valence-corrected chi connectivity index (χ4v) is 4.04. The molecule has 1 fully saturated rings. The van der Waals surface area contributed by atoms with Gasteiger partial charge in [-0.05, 0) is 42.7 Å². The van der Waals surface area contributed by atoms with Gasteiger partial charge in [0.2, 0.25) is 0 Å². The lowest BCUT2D eigenvalue weighted by Gasteiger charge is -2.39. The molecular weight excluding hydrogens is 399 g/mol. The predicted molar refractivity (Wildman–Crippen MR) is 113 cm³/mol. The number of hydrogen-bond donors (Lipinski definition) is 1. The Kier molecular flexibility index (Phi) is 7.05. The summed E-state index contributed by atoms with van der Waals surface area (Å²) in [7, 11) is 1.68. The van der Waals surface area contributed by atoms with Crippen molar-refractivity contribution in [1.29, 1.82) is 0 Å². The quantitative estimate of drug-likeness (QED) is 0.708. The van der Waals surface area contributed by atoms with E-state index < -0.39 is 5.97 Å². The molecule has 0 radical (unpaired) electrons. The van der Waals surface area contributed by atoms with Gasteiger partial charge in [-0.2, -0.15) is 0 Å². The van der Waals surface area contributed by atoms with Gasteiger partial charge in [0.15, 0.2) is 0 Å². The first-order valence-electron chi connectivity index (χ1n) is 9.25. The number of methoxy groups -OCH3 is 1. The molecule has 1 saturated heterocycles. The lowest BCUT2D eigenvalue weighted by atomic mass is 10.0. The van der Waals surface area contributed by atoms with E-state index in [1.165, 1.54) is 0 Å². The highest BCUT2D eigenvalue weighted by molar-refractivity contribution is 6.42. The smallest absolute Gasteiger partial charge is 0.317 e. The van der Waals surface area contributed by atoms with Crippen LogP contribution in [0.3, 0.4) is 0 Å². The van der Waals surface area contributed by atoms with Gasteiger partial charge in [-0.3, -0.25) is 9.69 Å². The number of rotatable bonds is 7. The van der Waals surface area contributed by atoms with E-state index in [2.05, 4.69) is 11.0 Å². The number of ether oxygens (including phenoxy) is 1.